The van der Waals surface area contributed by atoms with Gasteiger partial charge in [0.1, 0.15) is 17.3 Å². The molecule has 0 spiro atoms. The molecule has 0 fully saturated rings. The predicted octanol–water partition coefficient (Wildman–Crippen LogP) is 4.84. The average molecular weight is 363 g/mol. The number of anilines is 1. The molecule has 3 aromatic rings. The van der Waals surface area contributed by atoms with Crippen molar-refractivity contribution < 1.29 is 18.0 Å². The number of carbonyl (C=O) groups excluding carboxylic acids is 1. The lowest BCUT2D eigenvalue weighted by molar-refractivity contribution is -0.116. The summed E-state index contributed by atoms with van der Waals surface area (Å²) in [5.41, 5.74) is 0.350. The molecule has 0 aliphatic carbocycles. The van der Waals surface area contributed by atoms with Crippen LogP contribution in [0.4, 0.5) is 14.5 Å². The molecule has 2 aromatic carbocycles. The zero-order chi connectivity index (χ0) is 17.8. The fraction of sp³-hybridized carbons (Fsp3) is 0.111. The SMILES string of the molecule is O=C(CCc1ncc(-c2ccc(Cl)cc2)o1)Nc1c(F)cccc1F. The summed E-state index contributed by atoms with van der Waals surface area (Å²) in [6.45, 7) is 0. The summed E-state index contributed by atoms with van der Waals surface area (Å²) in [7, 11) is 0. The van der Waals surface area contributed by atoms with Crippen LogP contribution >= 0.6 is 11.6 Å². The second kappa shape index (κ2) is 7.44. The minimum absolute atomic E-state index is 0.0195. The van der Waals surface area contributed by atoms with Crippen LogP contribution in [0.3, 0.4) is 0 Å². The Morgan fingerprint density at radius 2 is 1.80 bits per heavy atom. The number of hydrogen-bond acceptors (Lipinski definition) is 3. The minimum Gasteiger partial charge on any atom is -0.441 e. The average Bonchev–Trinajstić information content (AvgIpc) is 3.06. The largest absolute Gasteiger partial charge is 0.441 e. The first-order chi connectivity index (χ1) is 12.0. The Kier molecular flexibility index (Phi) is 5.09. The van der Waals surface area contributed by atoms with Gasteiger partial charge in [-0.3, -0.25) is 4.79 Å². The molecule has 0 unspecified atom stereocenters. The predicted molar refractivity (Wildman–Crippen MR) is 90.3 cm³/mol. The molecule has 1 heterocycles. The highest BCUT2D eigenvalue weighted by Crippen LogP contribution is 2.23. The molecule has 128 valence electrons. The molecule has 0 aliphatic rings. The maximum absolute atomic E-state index is 13.5. The molecule has 0 aliphatic heterocycles. The molecule has 0 atom stereocenters. The van der Waals surface area contributed by atoms with Gasteiger partial charge in [-0.2, -0.15) is 0 Å². The highest BCUT2D eigenvalue weighted by molar-refractivity contribution is 6.30. The number of para-hydroxylation sites is 1. The Hall–Kier alpha value is -2.73. The zero-order valence-corrected chi connectivity index (χ0v) is 13.7. The van der Waals surface area contributed by atoms with Crippen molar-refractivity contribution in [2.24, 2.45) is 0 Å². The maximum atomic E-state index is 13.5. The van der Waals surface area contributed by atoms with E-state index >= 15 is 0 Å². The van der Waals surface area contributed by atoms with E-state index in [1.165, 1.54) is 6.07 Å². The van der Waals surface area contributed by atoms with Crippen LogP contribution < -0.4 is 5.32 Å². The highest BCUT2D eigenvalue weighted by atomic mass is 35.5. The van der Waals surface area contributed by atoms with Crippen LogP contribution in [0.1, 0.15) is 12.3 Å². The first kappa shape index (κ1) is 17.1. The second-order valence-electron chi connectivity index (χ2n) is 5.27. The summed E-state index contributed by atoms with van der Waals surface area (Å²) < 4.78 is 32.6. The molecule has 0 saturated heterocycles. The fourth-order valence-electron chi connectivity index (χ4n) is 2.21. The fourth-order valence-corrected chi connectivity index (χ4v) is 2.34. The van der Waals surface area contributed by atoms with Gasteiger partial charge in [0.2, 0.25) is 5.91 Å². The van der Waals surface area contributed by atoms with Crippen molar-refractivity contribution in [3.8, 4) is 11.3 Å². The number of nitrogens with zero attached hydrogens (tertiary/aromatic N) is 1. The maximum Gasteiger partial charge on any atom is 0.225 e. The number of nitrogens with one attached hydrogen (secondary N) is 1. The van der Waals surface area contributed by atoms with E-state index in [1.807, 2.05) is 0 Å². The Labute approximate surface area is 147 Å². The van der Waals surface area contributed by atoms with Crippen LogP contribution in [0.5, 0.6) is 0 Å². The lowest BCUT2D eigenvalue weighted by Crippen LogP contribution is -2.14. The van der Waals surface area contributed by atoms with E-state index < -0.39 is 23.2 Å². The zero-order valence-electron chi connectivity index (χ0n) is 12.9. The first-order valence-corrected chi connectivity index (χ1v) is 7.85. The normalized spacial score (nSPS) is 10.7. The molecule has 1 amide bonds. The number of halogens is 3. The van der Waals surface area contributed by atoms with Gasteiger partial charge in [-0.05, 0) is 36.4 Å². The third kappa shape index (κ3) is 4.22. The molecule has 1 N–H and O–H groups in total. The van der Waals surface area contributed by atoms with E-state index in [1.54, 1.807) is 30.5 Å². The summed E-state index contributed by atoms with van der Waals surface area (Å²) in [6.07, 6.45) is 1.73. The van der Waals surface area contributed by atoms with Gasteiger partial charge < -0.3 is 9.73 Å². The Morgan fingerprint density at radius 3 is 2.48 bits per heavy atom. The molecule has 0 radical (unpaired) electrons. The van der Waals surface area contributed by atoms with Crippen LogP contribution in [0.2, 0.25) is 5.02 Å². The minimum atomic E-state index is -0.825. The lowest BCUT2D eigenvalue weighted by atomic mass is 10.2. The molecule has 0 saturated carbocycles. The van der Waals surface area contributed by atoms with E-state index in [4.69, 9.17) is 16.0 Å². The smallest absolute Gasteiger partial charge is 0.225 e. The van der Waals surface area contributed by atoms with Crippen molar-refractivity contribution in [3.05, 3.63) is 71.2 Å². The standard InChI is InChI=1S/C18H13ClF2N2O2/c19-12-6-4-11(5-7-12)15-10-22-17(25-15)9-8-16(24)23-18-13(20)2-1-3-14(18)21/h1-7,10H,8-9H2,(H,23,24). The summed E-state index contributed by atoms with van der Waals surface area (Å²) >= 11 is 5.83. The second-order valence-corrected chi connectivity index (χ2v) is 5.71. The molecule has 1 aromatic heterocycles. The highest BCUT2D eigenvalue weighted by Gasteiger charge is 2.13. The summed E-state index contributed by atoms with van der Waals surface area (Å²) in [5.74, 6) is -1.28. The van der Waals surface area contributed by atoms with Gasteiger partial charge in [0.05, 0.1) is 6.20 Å². The Bertz CT molecular complexity index is 874. The van der Waals surface area contributed by atoms with E-state index in [0.29, 0.717) is 16.7 Å². The van der Waals surface area contributed by atoms with Crippen molar-refractivity contribution in [3.63, 3.8) is 0 Å². The number of oxazole rings is 1. The molecular formula is C18H13ClF2N2O2. The van der Waals surface area contributed by atoms with Crippen molar-refractivity contribution in [1.82, 2.24) is 4.98 Å². The summed E-state index contributed by atoms with van der Waals surface area (Å²) in [6, 6.07) is 10.4. The molecule has 3 rings (SSSR count). The van der Waals surface area contributed by atoms with Gasteiger partial charge in [0, 0.05) is 23.4 Å². The molecule has 25 heavy (non-hydrogen) atoms. The van der Waals surface area contributed by atoms with Crippen molar-refractivity contribution in [2.75, 3.05) is 5.32 Å². The van der Waals surface area contributed by atoms with E-state index in [0.717, 1.165) is 17.7 Å². The van der Waals surface area contributed by atoms with Crippen molar-refractivity contribution in [1.29, 1.82) is 0 Å². The van der Waals surface area contributed by atoms with Gasteiger partial charge in [-0.15, -0.1) is 0 Å². The summed E-state index contributed by atoms with van der Waals surface area (Å²) in [5, 5.41) is 2.83. The molecular weight excluding hydrogens is 350 g/mol. The number of amides is 1. The van der Waals surface area contributed by atoms with E-state index in [2.05, 4.69) is 10.3 Å². The number of rotatable bonds is 5. The van der Waals surface area contributed by atoms with Gasteiger partial charge in [-0.25, -0.2) is 13.8 Å². The van der Waals surface area contributed by atoms with Crippen LogP contribution in [-0.2, 0) is 11.2 Å². The van der Waals surface area contributed by atoms with Crippen LogP contribution in [0, 0.1) is 11.6 Å². The number of benzene rings is 2. The number of aromatic nitrogens is 1. The third-order valence-corrected chi connectivity index (χ3v) is 3.73. The first-order valence-electron chi connectivity index (χ1n) is 7.47. The monoisotopic (exact) mass is 362 g/mol. The van der Waals surface area contributed by atoms with E-state index in [-0.39, 0.29) is 12.8 Å². The molecule has 4 nitrogen and oxygen atoms in total. The van der Waals surface area contributed by atoms with Gasteiger partial charge in [-0.1, -0.05) is 17.7 Å². The molecule has 0 bridgehead atoms. The topological polar surface area (TPSA) is 55.1 Å². The van der Waals surface area contributed by atoms with E-state index in [9.17, 15) is 13.6 Å². The van der Waals surface area contributed by atoms with Crippen molar-refractivity contribution >= 4 is 23.2 Å². The lowest BCUT2D eigenvalue weighted by Gasteiger charge is -2.06. The number of aryl methyl sites for hydroxylation is 1. The quantitative estimate of drug-likeness (QED) is 0.706. The van der Waals surface area contributed by atoms with Crippen LogP contribution in [-0.4, -0.2) is 10.9 Å². The van der Waals surface area contributed by atoms with Crippen LogP contribution in [0.25, 0.3) is 11.3 Å². The molecule has 7 heteroatoms. The number of hydrogen-bond donors (Lipinski definition) is 1. The van der Waals surface area contributed by atoms with Crippen molar-refractivity contribution in [2.45, 2.75) is 12.8 Å². The third-order valence-electron chi connectivity index (χ3n) is 3.48. The van der Waals surface area contributed by atoms with Gasteiger partial charge in [0.15, 0.2) is 11.7 Å². The summed E-state index contributed by atoms with van der Waals surface area (Å²) in [4.78, 5) is 16.0. The van der Waals surface area contributed by atoms with Gasteiger partial charge in [0.25, 0.3) is 0 Å². The Morgan fingerprint density at radius 1 is 1.12 bits per heavy atom. The Balaban J connectivity index is 1.60. The van der Waals surface area contributed by atoms with Gasteiger partial charge >= 0.3 is 0 Å². The number of carbonyl (C=O) groups is 1. The van der Waals surface area contributed by atoms with Crippen LogP contribution in [0.15, 0.2) is 53.1 Å².